The van der Waals surface area contributed by atoms with Gasteiger partial charge in [-0.15, -0.1) is 0 Å². The molecule has 1 rings (SSSR count). The molecule has 0 aliphatic heterocycles. The summed E-state index contributed by atoms with van der Waals surface area (Å²) < 4.78 is 26.5. The minimum absolute atomic E-state index is 0.00170. The zero-order valence-electron chi connectivity index (χ0n) is 43.7. The fraction of sp³-hybridized carbons (Fsp3) is 0.688. The van der Waals surface area contributed by atoms with E-state index in [1.54, 1.807) is 113 Å². The normalized spacial score (nSPS) is 13.3. The molecule has 1 aromatic carbocycles. The summed E-state index contributed by atoms with van der Waals surface area (Å²) in [4.78, 5) is 117. The maximum atomic E-state index is 14.3. The number of rotatable bonds is 26. The average molecular weight is 1010 g/mol. The number of benzene rings is 1. The van der Waals surface area contributed by atoms with Crippen LogP contribution in [0.3, 0.4) is 0 Å². The molecular formula is C48H81N9O14. The van der Waals surface area contributed by atoms with Gasteiger partial charge in [0.1, 0.15) is 53.2 Å². The van der Waals surface area contributed by atoms with Crippen molar-refractivity contribution in [1.29, 1.82) is 0 Å². The van der Waals surface area contributed by atoms with E-state index in [-0.39, 0.29) is 84.2 Å². The molecule has 10 N–H and O–H groups in total. The number of primary amides is 1. The fourth-order valence-electron chi connectivity index (χ4n) is 6.06. The highest BCUT2D eigenvalue weighted by atomic mass is 16.6. The van der Waals surface area contributed by atoms with Crippen molar-refractivity contribution in [2.24, 2.45) is 5.73 Å². The van der Waals surface area contributed by atoms with Crippen LogP contribution in [-0.2, 0) is 49.5 Å². The van der Waals surface area contributed by atoms with Crippen molar-refractivity contribution < 1.29 is 66.8 Å². The summed E-state index contributed by atoms with van der Waals surface area (Å²) in [5, 5.41) is 20.8. The first kappa shape index (κ1) is 62.5. The van der Waals surface area contributed by atoms with E-state index >= 15 is 0 Å². The highest BCUT2D eigenvalue weighted by molar-refractivity contribution is 5.95. The van der Waals surface area contributed by atoms with Crippen LogP contribution in [0.5, 0.6) is 0 Å². The second-order valence-electron chi connectivity index (χ2n) is 20.6. The van der Waals surface area contributed by atoms with Gasteiger partial charge < -0.3 is 72.0 Å². The van der Waals surface area contributed by atoms with E-state index in [0.29, 0.717) is 5.56 Å². The number of hydrogen-bond donors (Lipinski definition) is 9. The van der Waals surface area contributed by atoms with Gasteiger partial charge >= 0.3 is 30.5 Å². The van der Waals surface area contributed by atoms with Gasteiger partial charge in [0.2, 0.25) is 23.6 Å². The summed E-state index contributed by atoms with van der Waals surface area (Å²) in [6, 6.07) is 3.49. The van der Waals surface area contributed by atoms with Crippen LogP contribution in [-0.4, -0.2) is 127 Å². The Morgan fingerprint density at radius 3 is 1.00 bits per heavy atom. The van der Waals surface area contributed by atoms with Gasteiger partial charge in [-0.1, -0.05) is 30.3 Å². The van der Waals surface area contributed by atoms with Crippen molar-refractivity contribution in [2.75, 3.05) is 26.2 Å². The van der Waals surface area contributed by atoms with Crippen molar-refractivity contribution in [3.8, 4) is 0 Å². The van der Waals surface area contributed by atoms with Crippen LogP contribution in [0.4, 0.5) is 24.0 Å². The first-order valence-electron chi connectivity index (χ1n) is 23.9. The van der Waals surface area contributed by atoms with E-state index in [9.17, 15) is 43.2 Å². The molecule has 0 heterocycles. The van der Waals surface area contributed by atoms with Crippen LogP contribution < -0.4 is 48.3 Å². The zero-order chi connectivity index (χ0) is 54.0. The first-order chi connectivity index (χ1) is 32.8. The van der Waals surface area contributed by atoms with Gasteiger partial charge in [-0.2, -0.15) is 0 Å². The Morgan fingerprint density at radius 2 is 0.704 bits per heavy atom. The van der Waals surface area contributed by atoms with Crippen LogP contribution in [0.25, 0.3) is 0 Å². The molecule has 0 bridgehead atoms. The maximum Gasteiger partial charge on any atom is 0.408 e. The van der Waals surface area contributed by atoms with Crippen molar-refractivity contribution in [3.63, 3.8) is 0 Å². The number of carbonyl (C=O) groups is 9. The molecule has 0 spiro atoms. The molecule has 0 radical (unpaired) electrons. The third kappa shape index (κ3) is 32.1. The summed E-state index contributed by atoms with van der Waals surface area (Å²) in [6.45, 7) is 20.4. The smallest absolute Gasteiger partial charge is 0.408 e. The molecule has 402 valence electrons. The summed E-state index contributed by atoms with van der Waals surface area (Å²) >= 11 is 0. The van der Waals surface area contributed by atoms with Gasteiger partial charge in [0.25, 0.3) is 0 Å². The number of nitrogens with one attached hydrogen (secondary N) is 8. The van der Waals surface area contributed by atoms with E-state index in [2.05, 4.69) is 42.5 Å². The SMILES string of the molecule is CC(C)(C)OC(=O)NCCC[C@@H](NC(=O)[C@@H](CCCNC(=O)OC(C)(C)C)NC(=O)[C@@H](CCCNC(=O)OC(C)(C)C)NC(=O)[C@@H](CCCNC(=O)OC(C)(C)C)NC(=O)OCc1ccccc1)C(N)=O. The van der Waals surface area contributed by atoms with Crippen LogP contribution >= 0.6 is 0 Å². The predicted octanol–water partition coefficient (Wildman–Crippen LogP) is 4.44. The molecule has 0 aliphatic rings. The van der Waals surface area contributed by atoms with Crippen molar-refractivity contribution >= 4 is 54.1 Å². The van der Waals surface area contributed by atoms with E-state index in [1.165, 1.54) is 0 Å². The van der Waals surface area contributed by atoms with Crippen LogP contribution in [0.1, 0.15) is 140 Å². The van der Waals surface area contributed by atoms with E-state index in [0.717, 1.165) is 0 Å². The third-order valence-corrected chi connectivity index (χ3v) is 9.10. The second kappa shape index (κ2) is 30.2. The predicted molar refractivity (Wildman–Crippen MR) is 262 cm³/mol. The largest absolute Gasteiger partial charge is 0.445 e. The lowest BCUT2D eigenvalue weighted by Gasteiger charge is -2.27. The molecular weight excluding hydrogens is 927 g/mol. The topological polar surface area (TPSA) is 322 Å². The Bertz CT molecular complexity index is 1890. The number of ether oxygens (including phenoxy) is 5. The van der Waals surface area contributed by atoms with Gasteiger partial charge in [0.15, 0.2) is 0 Å². The Morgan fingerprint density at radius 1 is 0.423 bits per heavy atom. The highest BCUT2D eigenvalue weighted by Crippen LogP contribution is 2.12. The lowest BCUT2D eigenvalue weighted by molar-refractivity contribution is -0.134. The summed E-state index contributed by atoms with van der Waals surface area (Å²) in [5.74, 6) is -3.40. The molecule has 0 fully saturated rings. The fourth-order valence-corrected chi connectivity index (χ4v) is 6.06. The minimum Gasteiger partial charge on any atom is -0.445 e. The molecule has 0 saturated carbocycles. The van der Waals surface area contributed by atoms with E-state index < -0.39 is 101 Å². The van der Waals surface area contributed by atoms with Gasteiger partial charge in [-0.25, -0.2) is 24.0 Å². The monoisotopic (exact) mass is 1010 g/mol. The molecule has 4 atom stereocenters. The van der Waals surface area contributed by atoms with Gasteiger partial charge in [-0.05, 0) is 140 Å². The maximum absolute atomic E-state index is 14.3. The van der Waals surface area contributed by atoms with Gasteiger partial charge in [-0.3, -0.25) is 19.2 Å². The Hall–Kier alpha value is -6.55. The van der Waals surface area contributed by atoms with Crippen LogP contribution in [0.2, 0.25) is 0 Å². The number of hydrogen-bond acceptors (Lipinski definition) is 14. The van der Waals surface area contributed by atoms with Crippen molar-refractivity contribution in [1.82, 2.24) is 42.5 Å². The molecule has 71 heavy (non-hydrogen) atoms. The Labute approximate surface area is 418 Å². The molecule has 23 nitrogen and oxygen atoms in total. The molecule has 0 aromatic heterocycles. The number of amides is 9. The van der Waals surface area contributed by atoms with Gasteiger partial charge in [0, 0.05) is 26.2 Å². The zero-order valence-corrected chi connectivity index (χ0v) is 43.7. The Kier molecular flexibility index (Phi) is 26.6. The molecule has 1 aromatic rings. The number of nitrogens with two attached hydrogens (primary N) is 1. The number of alkyl carbamates (subject to hydrolysis) is 5. The molecule has 0 aliphatic carbocycles. The minimum atomic E-state index is -1.39. The van der Waals surface area contributed by atoms with Crippen LogP contribution in [0.15, 0.2) is 30.3 Å². The summed E-state index contributed by atoms with van der Waals surface area (Å²) in [6.07, 6.45) is -3.44. The highest BCUT2D eigenvalue weighted by Gasteiger charge is 2.32. The Balaban J connectivity index is 3.46. The van der Waals surface area contributed by atoms with Crippen molar-refractivity contribution in [2.45, 2.75) is 188 Å². The van der Waals surface area contributed by atoms with E-state index in [4.69, 9.17) is 29.4 Å². The standard InChI is InChI=1S/C48H81N9O14/c1-45(2,3)68-40(62)50-26-16-22-32(36(49)58)54-37(59)33(23-17-27-51-41(63)69-46(4,5)6)55-38(60)34(24-18-28-52-42(64)70-47(7,8)9)56-39(61)35(25-19-29-53-43(65)71-48(10,11)12)57-44(66)67-30-31-20-14-13-15-21-31/h13-15,20-21,32-35H,16-19,22-30H2,1-12H3,(H2,49,58)(H,50,62)(H,51,63)(H,52,64)(H,53,65)(H,54,59)(H,55,60)(H,56,61)(H,57,66)/t32-,33-,34-,35-/m1/s1. The van der Waals surface area contributed by atoms with Crippen molar-refractivity contribution in [3.05, 3.63) is 35.9 Å². The molecule has 0 unspecified atom stereocenters. The number of carbonyl (C=O) groups excluding carboxylic acids is 9. The molecule has 0 saturated heterocycles. The van der Waals surface area contributed by atoms with Gasteiger partial charge in [0.05, 0.1) is 0 Å². The van der Waals surface area contributed by atoms with E-state index in [1.807, 2.05) is 0 Å². The molecule has 9 amide bonds. The first-order valence-corrected chi connectivity index (χ1v) is 23.9. The lowest BCUT2D eigenvalue weighted by Crippen LogP contribution is -2.58. The third-order valence-electron chi connectivity index (χ3n) is 9.10. The summed E-state index contributed by atoms with van der Waals surface area (Å²) in [5.41, 5.74) is 3.25. The average Bonchev–Trinajstić information content (AvgIpc) is 3.21. The second-order valence-corrected chi connectivity index (χ2v) is 20.6. The summed E-state index contributed by atoms with van der Waals surface area (Å²) in [7, 11) is 0. The van der Waals surface area contributed by atoms with Crippen LogP contribution in [0, 0.1) is 0 Å². The quantitative estimate of drug-likeness (QED) is 0.0458. The molecule has 23 heteroatoms. The lowest BCUT2D eigenvalue weighted by atomic mass is 10.0.